The van der Waals surface area contributed by atoms with E-state index in [1.54, 1.807) is 0 Å². The van der Waals surface area contributed by atoms with Crippen molar-refractivity contribution in [3.63, 3.8) is 0 Å². The number of alkyl halides is 1. The van der Waals surface area contributed by atoms with Gasteiger partial charge in [0.15, 0.2) is 5.69 Å². The molecule has 1 heterocycles. The Kier molecular flexibility index (Phi) is 4.09. The van der Waals surface area contributed by atoms with E-state index in [1.165, 1.54) is 23.7 Å². The highest BCUT2D eigenvalue weighted by molar-refractivity contribution is 6.20. The van der Waals surface area contributed by atoms with Crippen LogP contribution in [-0.4, -0.2) is 26.8 Å². The summed E-state index contributed by atoms with van der Waals surface area (Å²) in [4.78, 5) is 22.3. The highest BCUT2D eigenvalue weighted by Gasteiger charge is 2.25. The van der Waals surface area contributed by atoms with Crippen LogP contribution in [0.15, 0.2) is 12.1 Å². The summed E-state index contributed by atoms with van der Waals surface area (Å²) in [5, 5.41) is 13.8. The number of rotatable bonds is 3. The van der Waals surface area contributed by atoms with Gasteiger partial charge in [-0.1, -0.05) is 0 Å². The summed E-state index contributed by atoms with van der Waals surface area (Å²) in [6.45, 7) is 0. The lowest BCUT2D eigenvalue weighted by Crippen LogP contribution is -2.38. The molecule has 1 N–H and O–H groups in total. The maximum Gasteiger partial charge on any atom is 0.323 e. The van der Waals surface area contributed by atoms with E-state index in [9.17, 15) is 14.9 Å². The fourth-order valence-electron chi connectivity index (χ4n) is 2.37. The summed E-state index contributed by atoms with van der Waals surface area (Å²) in [6.07, 6.45) is 3.48. The minimum atomic E-state index is -0.504. The van der Waals surface area contributed by atoms with E-state index in [2.05, 4.69) is 5.32 Å². The molecule has 1 amide bonds. The summed E-state index contributed by atoms with van der Waals surface area (Å²) in [5.74, 6) is -0.358. The molecule has 7 heteroatoms. The van der Waals surface area contributed by atoms with Crippen LogP contribution in [0.4, 0.5) is 5.82 Å². The standard InChI is InChI=1S/C12H16ClN3O3/c1-15-10(6-7-11(15)16(18)19)12(17)14-9-4-2-8(13)3-5-9/h6-9H,2-5H2,1H3,(H,14,17). The van der Waals surface area contributed by atoms with Gasteiger partial charge in [-0.05, 0) is 36.7 Å². The largest absolute Gasteiger partial charge is 0.358 e. The first kappa shape index (κ1) is 13.9. The molecule has 0 unspecified atom stereocenters. The number of carbonyl (C=O) groups is 1. The molecule has 0 radical (unpaired) electrons. The number of carbonyl (C=O) groups excluding carboxylic acids is 1. The fraction of sp³-hybridized carbons (Fsp3) is 0.583. The Morgan fingerprint density at radius 2 is 2.05 bits per heavy atom. The van der Waals surface area contributed by atoms with Gasteiger partial charge in [-0.2, -0.15) is 0 Å². The van der Waals surface area contributed by atoms with Crippen LogP contribution in [0.1, 0.15) is 36.2 Å². The maximum atomic E-state index is 12.1. The van der Waals surface area contributed by atoms with Gasteiger partial charge in [0.25, 0.3) is 5.91 Å². The van der Waals surface area contributed by atoms with Gasteiger partial charge in [-0.15, -0.1) is 11.6 Å². The molecule has 19 heavy (non-hydrogen) atoms. The molecule has 0 saturated heterocycles. The Hall–Kier alpha value is -1.56. The molecule has 1 aromatic rings. The lowest BCUT2D eigenvalue weighted by Gasteiger charge is -2.25. The number of aromatic nitrogens is 1. The van der Waals surface area contributed by atoms with Crippen LogP contribution in [0.5, 0.6) is 0 Å². The summed E-state index contributed by atoms with van der Waals surface area (Å²) in [5.41, 5.74) is 0.305. The Morgan fingerprint density at radius 3 is 2.58 bits per heavy atom. The van der Waals surface area contributed by atoms with Crippen molar-refractivity contribution in [1.82, 2.24) is 9.88 Å². The van der Waals surface area contributed by atoms with Gasteiger partial charge in [-0.25, -0.2) is 4.57 Å². The zero-order chi connectivity index (χ0) is 14.0. The molecule has 6 nitrogen and oxygen atoms in total. The van der Waals surface area contributed by atoms with Crippen LogP contribution < -0.4 is 5.32 Å². The Bertz CT molecular complexity index is 492. The highest BCUT2D eigenvalue weighted by Crippen LogP contribution is 2.23. The first-order valence-electron chi connectivity index (χ1n) is 6.24. The summed E-state index contributed by atoms with van der Waals surface area (Å²) in [6, 6.07) is 2.92. The molecule has 0 aromatic carbocycles. The van der Waals surface area contributed by atoms with Gasteiger partial charge in [0.1, 0.15) is 0 Å². The SMILES string of the molecule is Cn1c(C(=O)NC2CCC(Cl)CC2)ccc1[N+](=O)[O-]. The second-order valence-electron chi connectivity index (χ2n) is 4.82. The van der Waals surface area contributed by atoms with Crippen LogP contribution >= 0.6 is 11.6 Å². The van der Waals surface area contributed by atoms with Crippen molar-refractivity contribution in [2.45, 2.75) is 37.1 Å². The summed E-state index contributed by atoms with van der Waals surface area (Å²) >= 11 is 6.01. The van der Waals surface area contributed by atoms with E-state index >= 15 is 0 Å². The molecule has 2 rings (SSSR count). The monoisotopic (exact) mass is 285 g/mol. The normalized spacial score (nSPS) is 23.1. The molecule has 1 saturated carbocycles. The number of nitro groups is 1. The summed E-state index contributed by atoms with van der Waals surface area (Å²) in [7, 11) is 1.52. The van der Waals surface area contributed by atoms with E-state index in [1.807, 2.05) is 0 Å². The Morgan fingerprint density at radius 1 is 1.42 bits per heavy atom. The third kappa shape index (κ3) is 3.07. The predicted octanol–water partition coefficient (Wildman–Crippen LogP) is 2.21. The van der Waals surface area contributed by atoms with Crippen molar-refractivity contribution >= 4 is 23.3 Å². The number of hydrogen-bond acceptors (Lipinski definition) is 3. The predicted molar refractivity (Wildman–Crippen MR) is 71.4 cm³/mol. The number of amides is 1. The van der Waals surface area contributed by atoms with Crippen LogP contribution in [0.3, 0.4) is 0 Å². The molecule has 0 spiro atoms. The average Bonchev–Trinajstić information content (AvgIpc) is 2.74. The zero-order valence-electron chi connectivity index (χ0n) is 10.6. The fourth-order valence-corrected chi connectivity index (χ4v) is 2.62. The van der Waals surface area contributed by atoms with Gasteiger partial charge in [0, 0.05) is 17.5 Å². The summed E-state index contributed by atoms with van der Waals surface area (Å²) < 4.78 is 1.29. The van der Waals surface area contributed by atoms with Crippen molar-refractivity contribution < 1.29 is 9.72 Å². The van der Waals surface area contributed by atoms with E-state index in [0.717, 1.165) is 25.7 Å². The topological polar surface area (TPSA) is 77.2 Å². The molecular weight excluding hydrogens is 270 g/mol. The van der Waals surface area contributed by atoms with Crippen LogP contribution in [0, 0.1) is 10.1 Å². The first-order valence-corrected chi connectivity index (χ1v) is 6.67. The molecule has 1 fully saturated rings. The molecule has 1 aliphatic carbocycles. The molecule has 0 bridgehead atoms. The molecule has 104 valence electrons. The zero-order valence-corrected chi connectivity index (χ0v) is 11.4. The van der Waals surface area contributed by atoms with Crippen LogP contribution in [0.25, 0.3) is 0 Å². The van der Waals surface area contributed by atoms with Crippen LogP contribution in [-0.2, 0) is 7.05 Å². The lowest BCUT2D eigenvalue weighted by atomic mass is 9.95. The third-order valence-corrected chi connectivity index (χ3v) is 3.94. The quantitative estimate of drug-likeness (QED) is 0.525. The lowest BCUT2D eigenvalue weighted by molar-refractivity contribution is -0.391. The number of halogens is 1. The molecule has 0 atom stereocenters. The number of nitrogens with zero attached hydrogens (tertiary/aromatic N) is 2. The number of nitrogens with one attached hydrogen (secondary N) is 1. The molecule has 0 aliphatic heterocycles. The first-order chi connectivity index (χ1) is 8.99. The van der Waals surface area contributed by atoms with E-state index < -0.39 is 4.92 Å². The second kappa shape index (κ2) is 5.61. The van der Waals surface area contributed by atoms with Gasteiger partial charge < -0.3 is 15.4 Å². The van der Waals surface area contributed by atoms with E-state index in [-0.39, 0.29) is 23.1 Å². The van der Waals surface area contributed by atoms with Gasteiger partial charge >= 0.3 is 5.82 Å². The highest BCUT2D eigenvalue weighted by atomic mass is 35.5. The van der Waals surface area contributed by atoms with E-state index in [0.29, 0.717) is 5.69 Å². The second-order valence-corrected chi connectivity index (χ2v) is 5.43. The van der Waals surface area contributed by atoms with Gasteiger partial charge in [0.05, 0.1) is 7.05 Å². The smallest absolute Gasteiger partial charge is 0.323 e. The van der Waals surface area contributed by atoms with E-state index in [4.69, 9.17) is 11.6 Å². The Balaban J connectivity index is 2.02. The van der Waals surface area contributed by atoms with Crippen molar-refractivity contribution in [2.75, 3.05) is 0 Å². The maximum absolute atomic E-state index is 12.1. The van der Waals surface area contributed by atoms with Crippen molar-refractivity contribution in [1.29, 1.82) is 0 Å². The molecule has 1 aromatic heterocycles. The van der Waals surface area contributed by atoms with Crippen LogP contribution in [0.2, 0.25) is 0 Å². The van der Waals surface area contributed by atoms with Crippen molar-refractivity contribution in [3.05, 3.63) is 27.9 Å². The number of hydrogen-bond donors (Lipinski definition) is 1. The minimum Gasteiger partial charge on any atom is -0.358 e. The Labute approximate surface area is 115 Å². The molecular formula is C12H16ClN3O3. The van der Waals surface area contributed by atoms with Crippen molar-refractivity contribution in [3.8, 4) is 0 Å². The van der Waals surface area contributed by atoms with Crippen molar-refractivity contribution in [2.24, 2.45) is 7.05 Å². The third-order valence-electron chi connectivity index (χ3n) is 3.51. The van der Waals surface area contributed by atoms with Gasteiger partial charge in [-0.3, -0.25) is 4.79 Å². The molecule has 1 aliphatic rings. The van der Waals surface area contributed by atoms with Gasteiger partial charge in [0.2, 0.25) is 0 Å². The minimum absolute atomic E-state index is 0.0883. The average molecular weight is 286 g/mol.